The maximum absolute atomic E-state index is 12.7. The van der Waals surface area contributed by atoms with Gasteiger partial charge in [0.25, 0.3) is 0 Å². The summed E-state index contributed by atoms with van der Waals surface area (Å²) in [6, 6.07) is 8.60. The Bertz CT molecular complexity index is 1060. The van der Waals surface area contributed by atoms with Crippen LogP contribution in [0.2, 0.25) is 0 Å². The minimum Gasteiger partial charge on any atom is -0.496 e. The van der Waals surface area contributed by atoms with Crippen LogP contribution < -0.4 is 9.46 Å². The number of hydrogen-bond donors (Lipinski definition) is 1. The zero-order valence-electron chi connectivity index (χ0n) is 17.0. The van der Waals surface area contributed by atoms with Crippen LogP contribution in [-0.4, -0.2) is 30.2 Å². The average Bonchev–Trinajstić information content (AvgIpc) is 2.59. The third-order valence-corrected chi connectivity index (χ3v) is 7.29. The van der Waals surface area contributed by atoms with Gasteiger partial charge in [0.2, 0.25) is 10.0 Å². The highest BCUT2D eigenvalue weighted by atomic mass is 32.2. The lowest BCUT2D eigenvalue weighted by Gasteiger charge is -2.21. The molecule has 1 atom stereocenters. The lowest BCUT2D eigenvalue weighted by Crippen LogP contribution is -2.27. The SMILES string of the molecule is COc1cc(C)c(C(C)NS(=O)(=O)c2ccc(S(C)(=O)=O)cc2)cc1C(C)C. The van der Waals surface area contributed by atoms with E-state index in [1.807, 2.05) is 19.1 Å². The van der Waals surface area contributed by atoms with Crippen LogP contribution >= 0.6 is 0 Å². The molecule has 0 aromatic heterocycles. The van der Waals surface area contributed by atoms with Crippen LogP contribution in [0.3, 0.4) is 0 Å². The summed E-state index contributed by atoms with van der Waals surface area (Å²) < 4.78 is 56.7. The lowest BCUT2D eigenvalue weighted by molar-refractivity contribution is 0.406. The third-order valence-electron chi connectivity index (χ3n) is 4.60. The van der Waals surface area contributed by atoms with E-state index in [4.69, 9.17) is 4.74 Å². The van der Waals surface area contributed by atoms with E-state index in [1.54, 1.807) is 14.0 Å². The number of rotatable bonds is 7. The van der Waals surface area contributed by atoms with Gasteiger partial charge in [0.15, 0.2) is 9.84 Å². The maximum atomic E-state index is 12.7. The predicted molar refractivity (Wildman–Crippen MR) is 110 cm³/mol. The molecule has 0 radical (unpaired) electrons. The summed E-state index contributed by atoms with van der Waals surface area (Å²) in [6.45, 7) is 7.79. The molecule has 0 saturated carbocycles. The highest BCUT2D eigenvalue weighted by molar-refractivity contribution is 7.90. The van der Waals surface area contributed by atoms with E-state index >= 15 is 0 Å². The minimum atomic E-state index is -3.81. The van der Waals surface area contributed by atoms with Gasteiger partial charge in [0.1, 0.15) is 5.75 Å². The Hall–Kier alpha value is -1.90. The van der Waals surface area contributed by atoms with Crippen molar-refractivity contribution in [3.8, 4) is 5.75 Å². The van der Waals surface area contributed by atoms with Gasteiger partial charge in [-0.25, -0.2) is 21.6 Å². The van der Waals surface area contributed by atoms with Crippen LogP contribution in [0.5, 0.6) is 5.75 Å². The second-order valence-electron chi connectivity index (χ2n) is 7.19. The van der Waals surface area contributed by atoms with Gasteiger partial charge in [0.05, 0.1) is 16.9 Å². The molecule has 8 heteroatoms. The van der Waals surface area contributed by atoms with Crippen molar-refractivity contribution in [2.45, 2.75) is 49.4 Å². The number of aryl methyl sites for hydroxylation is 1. The van der Waals surface area contributed by atoms with E-state index in [1.165, 1.54) is 24.3 Å². The molecule has 0 fully saturated rings. The largest absolute Gasteiger partial charge is 0.496 e. The molecule has 1 unspecified atom stereocenters. The van der Waals surface area contributed by atoms with Crippen molar-refractivity contribution in [1.82, 2.24) is 4.72 Å². The monoisotopic (exact) mass is 425 g/mol. The number of sulfonamides is 1. The fourth-order valence-electron chi connectivity index (χ4n) is 3.04. The van der Waals surface area contributed by atoms with Gasteiger partial charge in [-0.3, -0.25) is 0 Å². The van der Waals surface area contributed by atoms with Gasteiger partial charge in [-0.05, 0) is 72.9 Å². The van der Waals surface area contributed by atoms with Crippen LogP contribution in [0, 0.1) is 6.92 Å². The van der Waals surface area contributed by atoms with Crippen LogP contribution in [0.4, 0.5) is 0 Å². The number of ether oxygens (including phenoxy) is 1. The Morgan fingerprint density at radius 3 is 1.89 bits per heavy atom. The van der Waals surface area contributed by atoms with Gasteiger partial charge < -0.3 is 4.74 Å². The van der Waals surface area contributed by atoms with Crippen molar-refractivity contribution in [2.24, 2.45) is 0 Å². The summed E-state index contributed by atoms with van der Waals surface area (Å²) in [5.41, 5.74) is 2.79. The van der Waals surface area contributed by atoms with Crippen LogP contribution in [-0.2, 0) is 19.9 Å². The summed E-state index contributed by atoms with van der Waals surface area (Å²) in [5, 5.41) is 0. The first kappa shape index (κ1) is 22.4. The molecule has 1 N–H and O–H groups in total. The molecular weight excluding hydrogens is 398 g/mol. The molecule has 154 valence electrons. The number of nitrogens with one attached hydrogen (secondary N) is 1. The maximum Gasteiger partial charge on any atom is 0.241 e. The minimum absolute atomic E-state index is 0.0157. The molecule has 0 heterocycles. The summed E-state index contributed by atoms with van der Waals surface area (Å²) >= 11 is 0. The summed E-state index contributed by atoms with van der Waals surface area (Å²) in [7, 11) is -5.58. The van der Waals surface area contributed by atoms with Crippen molar-refractivity contribution in [3.05, 3.63) is 53.1 Å². The Kier molecular flexibility index (Phi) is 6.58. The van der Waals surface area contributed by atoms with Gasteiger partial charge in [-0.2, -0.15) is 0 Å². The van der Waals surface area contributed by atoms with Crippen LogP contribution in [0.1, 0.15) is 49.4 Å². The summed E-state index contributed by atoms with van der Waals surface area (Å²) in [4.78, 5) is 0.0917. The molecule has 0 aliphatic carbocycles. The highest BCUT2D eigenvalue weighted by Crippen LogP contribution is 2.32. The molecule has 0 bridgehead atoms. The number of hydrogen-bond acceptors (Lipinski definition) is 5. The molecule has 28 heavy (non-hydrogen) atoms. The summed E-state index contributed by atoms with van der Waals surface area (Å²) in [6.07, 6.45) is 1.08. The molecule has 0 amide bonds. The molecule has 0 spiro atoms. The van der Waals surface area contributed by atoms with Crippen molar-refractivity contribution >= 4 is 19.9 Å². The van der Waals surface area contributed by atoms with Gasteiger partial charge in [0, 0.05) is 12.3 Å². The molecule has 0 saturated heterocycles. The second-order valence-corrected chi connectivity index (χ2v) is 10.9. The average molecular weight is 426 g/mol. The van der Waals surface area contributed by atoms with E-state index in [-0.39, 0.29) is 15.7 Å². The van der Waals surface area contributed by atoms with Crippen LogP contribution in [0.15, 0.2) is 46.2 Å². The smallest absolute Gasteiger partial charge is 0.241 e. The van der Waals surface area contributed by atoms with E-state index in [0.29, 0.717) is 0 Å². The van der Waals surface area contributed by atoms with Crippen molar-refractivity contribution in [1.29, 1.82) is 0 Å². The predicted octanol–water partition coefficient (Wildman–Crippen LogP) is 3.57. The molecule has 2 aromatic carbocycles. The Morgan fingerprint density at radius 2 is 1.43 bits per heavy atom. The summed E-state index contributed by atoms with van der Waals surface area (Å²) in [5.74, 6) is 1.00. The molecule has 2 rings (SSSR count). The molecule has 2 aromatic rings. The van der Waals surface area contributed by atoms with Gasteiger partial charge >= 0.3 is 0 Å². The van der Waals surface area contributed by atoms with Crippen molar-refractivity contribution < 1.29 is 21.6 Å². The zero-order chi connectivity index (χ0) is 21.3. The normalized spacial score (nSPS) is 13.5. The fourth-order valence-corrected chi connectivity index (χ4v) is 4.89. The van der Waals surface area contributed by atoms with Crippen molar-refractivity contribution in [2.75, 3.05) is 13.4 Å². The first-order chi connectivity index (χ1) is 12.9. The number of methoxy groups -OCH3 is 1. The van der Waals surface area contributed by atoms with Gasteiger partial charge in [-0.15, -0.1) is 0 Å². The molecular formula is C20H27NO5S2. The van der Waals surface area contributed by atoms with E-state index in [2.05, 4.69) is 18.6 Å². The van der Waals surface area contributed by atoms with Gasteiger partial charge in [-0.1, -0.05) is 13.8 Å². The van der Waals surface area contributed by atoms with Crippen molar-refractivity contribution in [3.63, 3.8) is 0 Å². The van der Waals surface area contributed by atoms with E-state index in [9.17, 15) is 16.8 Å². The van der Waals surface area contributed by atoms with E-state index in [0.717, 1.165) is 28.7 Å². The lowest BCUT2D eigenvalue weighted by atomic mass is 9.94. The second kappa shape index (κ2) is 8.23. The number of benzene rings is 2. The van der Waals surface area contributed by atoms with Crippen LogP contribution in [0.25, 0.3) is 0 Å². The fraction of sp³-hybridized carbons (Fsp3) is 0.400. The Morgan fingerprint density at radius 1 is 0.893 bits per heavy atom. The Balaban J connectivity index is 2.35. The highest BCUT2D eigenvalue weighted by Gasteiger charge is 2.22. The number of sulfone groups is 1. The molecule has 6 nitrogen and oxygen atoms in total. The molecule has 0 aliphatic heterocycles. The first-order valence-corrected chi connectivity index (χ1v) is 12.2. The topological polar surface area (TPSA) is 89.5 Å². The first-order valence-electron chi connectivity index (χ1n) is 8.87. The quantitative estimate of drug-likeness (QED) is 0.732. The standard InChI is InChI=1S/C20H27NO5S2/c1-13(2)18-12-19(14(3)11-20(18)26-5)15(4)21-28(24,25)17-9-7-16(8-10-17)27(6,22)23/h7-13,15,21H,1-6H3. The zero-order valence-corrected chi connectivity index (χ0v) is 18.6. The Labute approximate surface area is 167 Å². The third kappa shape index (κ3) is 4.92. The molecule has 0 aliphatic rings. The van der Waals surface area contributed by atoms with E-state index < -0.39 is 25.9 Å².